The molecule has 0 saturated heterocycles. The molecule has 0 fully saturated rings. The standard InChI is InChI=1S/C19H29N3O3S/c1-6-20-19(26)22-8-7-13-9-16(24-4)17(25-5)10-14(13)15(22)11-21-18(23)12(2)3/h9-10,12,15H,6-8,11H2,1-5H3,(H,20,26)(H,21,23)/t15-/m0/s1. The summed E-state index contributed by atoms with van der Waals surface area (Å²) in [6, 6.07) is 3.98. The van der Waals surface area contributed by atoms with Crippen LogP contribution in [0.15, 0.2) is 12.1 Å². The minimum atomic E-state index is -0.0577. The van der Waals surface area contributed by atoms with Crippen LogP contribution in [0.5, 0.6) is 11.5 Å². The largest absolute Gasteiger partial charge is 0.493 e. The van der Waals surface area contributed by atoms with Crippen LogP contribution in [0.4, 0.5) is 0 Å². The van der Waals surface area contributed by atoms with Crippen molar-refractivity contribution in [2.45, 2.75) is 33.2 Å². The summed E-state index contributed by atoms with van der Waals surface area (Å²) in [7, 11) is 3.27. The molecule has 0 bridgehead atoms. The minimum absolute atomic E-state index is 0.0342. The van der Waals surface area contributed by atoms with Gasteiger partial charge in [-0.1, -0.05) is 13.8 Å². The Hall–Kier alpha value is -2.02. The van der Waals surface area contributed by atoms with Crippen molar-refractivity contribution in [3.63, 3.8) is 0 Å². The zero-order valence-corrected chi connectivity index (χ0v) is 17.0. The molecule has 1 aliphatic heterocycles. The topological polar surface area (TPSA) is 62.8 Å². The molecule has 1 atom stereocenters. The Morgan fingerprint density at radius 2 is 1.92 bits per heavy atom. The van der Waals surface area contributed by atoms with Gasteiger partial charge >= 0.3 is 0 Å². The van der Waals surface area contributed by atoms with E-state index in [1.165, 1.54) is 5.56 Å². The highest BCUT2D eigenvalue weighted by Crippen LogP contribution is 2.38. The van der Waals surface area contributed by atoms with E-state index in [-0.39, 0.29) is 17.9 Å². The Balaban J connectivity index is 2.38. The van der Waals surface area contributed by atoms with Crippen LogP contribution in [0.1, 0.15) is 37.9 Å². The molecular weight excluding hydrogens is 350 g/mol. The van der Waals surface area contributed by atoms with Crippen LogP contribution in [-0.2, 0) is 11.2 Å². The van der Waals surface area contributed by atoms with Crippen molar-refractivity contribution >= 4 is 23.2 Å². The van der Waals surface area contributed by atoms with Gasteiger partial charge in [0.15, 0.2) is 16.6 Å². The van der Waals surface area contributed by atoms with Crippen molar-refractivity contribution in [1.29, 1.82) is 0 Å². The molecule has 1 heterocycles. The van der Waals surface area contributed by atoms with Crippen LogP contribution in [0.2, 0.25) is 0 Å². The SMILES string of the molecule is CCNC(=S)N1CCc2cc(OC)c(OC)cc2[C@@H]1CNC(=O)C(C)C. The van der Waals surface area contributed by atoms with Crippen molar-refractivity contribution in [1.82, 2.24) is 15.5 Å². The van der Waals surface area contributed by atoms with Crippen molar-refractivity contribution in [3.8, 4) is 11.5 Å². The van der Waals surface area contributed by atoms with Crippen LogP contribution >= 0.6 is 12.2 Å². The van der Waals surface area contributed by atoms with Gasteiger partial charge in [0.25, 0.3) is 0 Å². The van der Waals surface area contributed by atoms with E-state index < -0.39 is 0 Å². The average Bonchev–Trinajstić information content (AvgIpc) is 2.64. The van der Waals surface area contributed by atoms with Gasteiger partial charge in [-0.15, -0.1) is 0 Å². The van der Waals surface area contributed by atoms with E-state index in [9.17, 15) is 4.79 Å². The maximum Gasteiger partial charge on any atom is 0.222 e. The highest BCUT2D eigenvalue weighted by Gasteiger charge is 2.31. The zero-order chi connectivity index (χ0) is 19.3. The lowest BCUT2D eigenvalue weighted by Crippen LogP contribution is -2.49. The van der Waals surface area contributed by atoms with Crippen LogP contribution in [0.3, 0.4) is 0 Å². The van der Waals surface area contributed by atoms with Gasteiger partial charge in [-0.3, -0.25) is 4.79 Å². The van der Waals surface area contributed by atoms with E-state index in [2.05, 4.69) is 15.5 Å². The highest BCUT2D eigenvalue weighted by atomic mass is 32.1. The number of rotatable bonds is 6. The number of amides is 1. The summed E-state index contributed by atoms with van der Waals surface area (Å²) < 4.78 is 10.9. The van der Waals surface area contributed by atoms with E-state index in [0.29, 0.717) is 17.4 Å². The molecule has 0 saturated carbocycles. The Bertz CT molecular complexity index is 664. The van der Waals surface area contributed by atoms with Gasteiger partial charge in [-0.05, 0) is 48.8 Å². The number of fused-ring (bicyclic) bond motifs is 1. The van der Waals surface area contributed by atoms with Gasteiger partial charge in [0.1, 0.15) is 0 Å². The molecular formula is C19H29N3O3S. The van der Waals surface area contributed by atoms with Crippen molar-refractivity contribution in [3.05, 3.63) is 23.3 Å². The summed E-state index contributed by atoms with van der Waals surface area (Å²) in [6.45, 7) is 7.84. The summed E-state index contributed by atoms with van der Waals surface area (Å²) >= 11 is 5.57. The fourth-order valence-corrected chi connectivity index (χ4v) is 3.51. The molecule has 0 unspecified atom stereocenters. The van der Waals surface area contributed by atoms with Crippen LogP contribution in [-0.4, -0.2) is 49.8 Å². The molecule has 0 aliphatic carbocycles. The van der Waals surface area contributed by atoms with Crippen LogP contribution in [0.25, 0.3) is 0 Å². The third-order valence-electron chi connectivity index (χ3n) is 4.59. The second-order valence-corrected chi connectivity index (χ2v) is 6.99. The monoisotopic (exact) mass is 379 g/mol. The van der Waals surface area contributed by atoms with Gasteiger partial charge in [-0.2, -0.15) is 0 Å². The smallest absolute Gasteiger partial charge is 0.222 e. The summed E-state index contributed by atoms with van der Waals surface area (Å²) in [5, 5.41) is 6.98. The van der Waals surface area contributed by atoms with Crippen LogP contribution in [0, 0.1) is 5.92 Å². The molecule has 26 heavy (non-hydrogen) atoms. The molecule has 0 spiro atoms. The number of methoxy groups -OCH3 is 2. The lowest BCUT2D eigenvalue weighted by atomic mass is 9.91. The third kappa shape index (κ3) is 4.38. The second kappa shape index (κ2) is 9.07. The van der Waals surface area contributed by atoms with Crippen molar-refractivity contribution in [2.75, 3.05) is 33.9 Å². The molecule has 1 aliphatic rings. The van der Waals surface area contributed by atoms with Crippen LogP contribution < -0.4 is 20.1 Å². The average molecular weight is 380 g/mol. The predicted octanol–water partition coefficient (Wildman–Crippen LogP) is 2.27. The minimum Gasteiger partial charge on any atom is -0.493 e. The Morgan fingerprint density at radius 3 is 2.50 bits per heavy atom. The lowest BCUT2D eigenvalue weighted by molar-refractivity contribution is -0.124. The number of benzene rings is 1. The fraction of sp³-hybridized carbons (Fsp3) is 0.579. The van der Waals surface area contributed by atoms with Gasteiger partial charge in [0, 0.05) is 25.6 Å². The molecule has 144 valence electrons. The Kier molecular flexibility index (Phi) is 7.08. The fourth-order valence-electron chi connectivity index (χ4n) is 3.15. The number of nitrogens with one attached hydrogen (secondary N) is 2. The Labute approximate surface area is 161 Å². The normalized spacial score (nSPS) is 16.1. The molecule has 0 radical (unpaired) electrons. The number of nitrogens with zero attached hydrogens (tertiary/aromatic N) is 1. The molecule has 0 aromatic heterocycles. The van der Waals surface area contributed by atoms with Gasteiger partial charge in [0.05, 0.1) is 20.3 Å². The zero-order valence-electron chi connectivity index (χ0n) is 16.2. The summed E-state index contributed by atoms with van der Waals surface area (Å²) in [5.74, 6) is 1.38. The quantitative estimate of drug-likeness (QED) is 0.740. The first-order valence-electron chi connectivity index (χ1n) is 8.99. The Morgan fingerprint density at radius 1 is 1.27 bits per heavy atom. The van der Waals surface area contributed by atoms with Gasteiger partial charge < -0.3 is 25.0 Å². The first-order valence-corrected chi connectivity index (χ1v) is 9.40. The number of hydrogen-bond acceptors (Lipinski definition) is 4. The van der Waals surface area contributed by atoms with Gasteiger partial charge in [-0.25, -0.2) is 0 Å². The summed E-state index contributed by atoms with van der Waals surface area (Å²) in [5.41, 5.74) is 2.31. The first-order chi connectivity index (χ1) is 12.4. The number of hydrogen-bond donors (Lipinski definition) is 2. The predicted molar refractivity (Wildman–Crippen MR) is 107 cm³/mol. The number of thiocarbonyl (C=S) groups is 1. The molecule has 2 N–H and O–H groups in total. The van der Waals surface area contributed by atoms with E-state index in [1.54, 1.807) is 14.2 Å². The molecule has 1 amide bonds. The number of ether oxygens (including phenoxy) is 2. The van der Waals surface area contributed by atoms with E-state index in [1.807, 2.05) is 32.9 Å². The van der Waals surface area contributed by atoms with Crippen molar-refractivity contribution < 1.29 is 14.3 Å². The van der Waals surface area contributed by atoms with E-state index in [4.69, 9.17) is 21.7 Å². The molecule has 2 rings (SSSR count). The maximum absolute atomic E-state index is 12.1. The summed E-state index contributed by atoms with van der Waals surface area (Å²) in [4.78, 5) is 14.2. The summed E-state index contributed by atoms with van der Waals surface area (Å²) in [6.07, 6.45) is 0.857. The molecule has 1 aromatic carbocycles. The highest BCUT2D eigenvalue weighted by molar-refractivity contribution is 7.80. The van der Waals surface area contributed by atoms with Crippen molar-refractivity contribution in [2.24, 2.45) is 5.92 Å². The second-order valence-electron chi connectivity index (χ2n) is 6.60. The maximum atomic E-state index is 12.1. The lowest BCUT2D eigenvalue weighted by Gasteiger charge is -2.39. The number of carbonyl (C=O) groups is 1. The number of carbonyl (C=O) groups excluding carboxylic acids is 1. The molecule has 7 heteroatoms. The van der Waals surface area contributed by atoms with Gasteiger partial charge in [0.2, 0.25) is 5.91 Å². The van der Waals surface area contributed by atoms with E-state index in [0.717, 1.165) is 30.8 Å². The molecule has 1 aromatic rings. The third-order valence-corrected chi connectivity index (χ3v) is 4.96. The molecule has 6 nitrogen and oxygen atoms in total. The first kappa shape index (κ1) is 20.3. The van der Waals surface area contributed by atoms with E-state index >= 15 is 0 Å².